The summed E-state index contributed by atoms with van der Waals surface area (Å²) in [6.07, 6.45) is 0.0211. The lowest BCUT2D eigenvalue weighted by molar-refractivity contribution is -0.149. The number of nitrogens with zero attached hydrogens (tertiary/aromatic N) is 2. The minimum Gasteiger partial charge on any atom is -0.443 e. The van der Waals surface area contributed by atoms with E-state index in [1.807, 2.05) is 24.3 Å². The summed E-state index contributed by atoms with van der Waals surface area (Å²) in [6.45, 7) is 5.56. The van der Waals surface area contributed by atoms with Gasteiger partial charge in [-0.2, -0.15) is 0 Å². The molecule has 3 aliphatic rings. The summed E-state index contributed by atoms with van der Waals surface area (Å²) in [5, 5.41) is 3.75. The molecule has 2 bridgehead atoms. The quantitative estimate of drug-likeness (QED) is 0.673. The Hall–Kier alpha value is -2.97. The SMILES string of the molecule is CC(C)(C)OC(=O)n1c2c(c3ccccc31)C[C@H]1C(=O)NC[C@@H]2N1C(=O)CC1CCC(F)(F)CC1. The largest absolute Gasteiger partial charge is 0.443 e. The molecule has 9 heteroatoms. The monoisotopic (exact) mass is 487 g/mol. The Bertz CT molecular complexity index is 1190. The van der Waals surface area contributed by atoms with E-state index >= 15 is 0 Å². The van der Waals surface area contributed by atoms with Crippen LogP contribution in [0.15, 0.2) is 24.3 Å². The first-order chi connectivity index (χ1) is 16.5. The lowest BCUT2D eigenvalue weighted by Crippen LogP contribution is -2.62. The number of ether oxygens (including phenoxy) is 1. The zero-order chi connectivity index (χ0) is 25.1. The van der Waals surface area contributed by atoms with Crippen molar-refractivity contribution in [3.8, 4) is 0 Å². The van der Waals surface area contributed by atoms with Crippen molar-refractivity contribution in [2.45, 2.75) is 82.9 Å². The van der Waals surface area contributed by atoms with Gasteiger partial charge in [0.1, 0.15) is 11.6 Å². The highest BCUT2D eigenvalue weighted by Crippen LogP contribution is 2.43. The molecule has 1 N–H and O–H groups in total. The first-order valence-corrected chi connectivity index (χ1v) is 12.3. The van der Waals surface area contributed by atoms with Crippen LogP contribution in [-0.2, 0) is 20.7 Å². The van der Waals surface area contributed by atoms with Crippen molar-refractivity contribution >= 4 is 28.8 Å². The molecular formula is C26H31F2N3O4. The number of hydrogen-bond acceptors (Lipinski definition) is 4. The molecule has 2 atom stereocenters. The number of carbonyl (C=O) groups excluding carboxylic acids is 3. The number of amides is 2. The molecule has 1 aromatic carbocycles. The highest BCUT2D eigenvalue weighted by atomic mass is 19.3. The molecule has 0 spiro atoms. The van der Waals surface area contributed by atoms with Crippen LogP contribution in [0.3, 0.4) is 0 Å². The van der Waals surface area contributed by atoms with E-state index < -0.39 is 29.7 Å². The summed E-state index contributed by atoms with van der Waals surface area (Å²) in [4.78, 5) is 41.4. The fourth-order valence-corrected chi connectivity index (χ4v) is 5.77. The van der Waals surface area contributed by atoms with Gasteiger partial charge in [0, 0.05) is 37.6 Å². The van der Waals surface area contributed by atoms with Crippen molar-refractivity contribution in [1.82, 2.24) is 14.8 Å². The van der Waals surface area contributed by atoms with Crippen LogP contribution in [-0.4, -0.2) is 51.5 Å². The van der Waals surface area contributed by atoms with Crippen molar-refractivity contribution in [1.29, 1.82) is 0 Å². The number of para-hydroxylation sites is 1. The summed E-state index contributed by atoms with van der Waals surface area (Å²) in [5.41, 5.74) is 1.48. The summed E-state index contributed by atoms with van der Waals surface area (Å²) < 4.78 is 34.5. The van der Waals surface area contributed by atoms with Gasteiger partial charge in [0.25, 0.3) is 0 Å². The fraction of sp³-hybridized carbons (Fsp3) is 0.577. The lowest BCUT2D eigenvalue weighted by Gasteiger charge is -2.46. The highest BCUT2D eigenvalue weighted by molar-refractivity contribution is 5.97. The number of piperazine rings is 1. The second-order valence-corrected chi connectivity index (χ2v) is 11.0. The molecule has 0 unspecified atom stereocenters. The molecule has 188 valence electrons. The predicted molar refractivity (Wildman–Crippen MR) is 125 cm³/mol. The molecule has 2 amide bonds. The number of benzene rings is 1. The van der Waals surface area contributed by atoms with Gasteiger partial charge in [0.05, 0.1) is 17.3 Å². The Labute approximate surface area is 202 Å². The molecule has 2 aromatic rings. The summed E-state index contributed by atoms with van der Waals surface area (Å²) in [7, 11) is 0. The van der Waals surface area contributed by atoms with Crippen LogP contribution in [0.25, 0.3) is 10.9 Å². The number of rotatable bonds is 2. The molecule has 2 aliphatic heterocycles. The average Bonchev–Trinajstić information content (AvgIpc) is 3.10. The maximum absolute atomic E-state index is 13.6. The van der Waals surface area contributed by atoms with E-state index in [1.165, 1.54) is 4.57 Å². The zero-order valence-electron chi connectivity index (χ0n) is 20.3. The summed E-state index contributed by atoms with van der Waals surface area (Å²) in [6, 6.07) is 6.24. The Morgan fingerprint density at radius 3 is 2.51 bits per heavy atom. The van der Waals surface area contributed by atoms with Crippen LogP contribution >= 0.6 is 0 Å². The van der Waals surface area contributed by atoms with Gasteiger partial charge in [0.15, 0.2) is 0 Å². The molecule has 1 aromatic heterocycles. The van der Waals surface area contributed by atoms with Gasteiger partial charge >= 0.3 is 6.09 Å². The van der Waals surface area contributed by atoms with Gasteiger partial charge in [-0.25, -0.2) is 18.1 Å². The normalized spacial score (nSPS) is 24.1. The topological polar surface area (TPSA) is 80.6 Å². The van der Waals surface area contributed by atoms with Crippen LogP contribution < -0.4 is 5.32 Å². The third-order valence-electron chi connectivity index (χ3n) is 7.34. The van der Waals surface area contributed by atoms with Gasteiger partial charge in [-0.3, -0.25) is 9.59 Å². The minimum atomic E-state index is -2.66. The molecule has 7 nitrogen and oxygen atoms in total. The number of halogens is 2. The van der Waals surface area contributed by atoms with Crippen LogP contribution in [0, 0.1) is 5.92 Å². The van der Waals surface area contributed by atoms with E-state index in [4.69, 9.17) is 4.74 Å². The number of fused-ring (bicyclic) bond motifs is 6. The van der Waals surface area contributed by atoms with Gasteiger partial charge in [-0.15, -0.1) is 0 Å². The van der Waals surface area contributed by atoms with E-state index in [0.29, 0.717) is 11.2 Å². The zero-order valence-corrected chi connectivity index (χ0v) is 20.3. The number of hydrogen-bond donors (Lipinski definition) is 1. The van der Waals surface area contributed by atoms with E-state index in [1.54, 1.807) is 25.7 Å². The standard InChI is InChI=1S/C26H31F2N3O4/c1-25(2,3)35-24(34)31-18-7-5-4-6-16(18)17-13-19-23(33)29-14-20(22(17)31)30(19)21(32)12-15-8-10-26(27,28)11-9-15/h4-7,15,19-20H,8-14H2,1-3H3,(H,29,33)/t19-,20-/m0/s1. The number of carbonyl (C=O) groups is 3. The predicted octanol–water partition coefficient (Wildman–Crippen LogP) is 4.56. The molecular weight excluding hydrogens is 456 g/mol. The molecule has 35 heavy (non-hydrogen) atoms. The molecule has 3 heterocycles. The summed E-state index contributed by atoms with van der Waals surface area (Å²) in [5.74, 6) is -3.25. The van der Waals surface area contributed by atoms with E-state index in [2.05, 4.69) is 5.32 Å². The second kappa shape index (κ2) is 8.31. The van der Waals surface area contributed by atoms with Crippen LogP contribution in [0.1, 0.15) is 70.2 Å². The first kappa shape index (κ1) is 23.8. The fourth-order valence-electron chi connectivity index (χ4n) is 5.77. The molecule has 1 aliphatic carbocycles. The van der Waals surface area contributed by atoms with E-state index in [0.717, 1.165) is 10.9 Å². The Morgan fingerprint density at radius 1 is 1.14 bits per heavy atom. The lowest BCUT2D eigenvalue weighted by atomic mass is 9.83. The minimum absolute atomic E-state index is 0.123. The van der Waals surface area contributed by atoms with Gasteiger partial charge < -0.3 is 15.0 Å². The molecule has 1 saturated heterocycles. The Balaban J connectivity index is 1.54. The highest BCUT2D eigenvalue weighted by Gasteiger charge is 2.48. The number of alkyl halides is 2. The van der Waals surface area contributed by atoms with E-state index in [-0.39, 0.29) is 62.8 Å². The van der Waals surface area contributed by atoms with Crippen molar-refractivity contribution in [2.75, 3.05) is 6.54 Å². The van der Waals surface area contributed by atoms with Crippen LogP contribution in [0.4, 0.5) is 13.6 Å². The summed E-state index contributed by atoms with van der Waals surface area (Å²) >= 11 is 0. The van der Waals surface area contributed by atoms with Crippen molar-refractivity contribution < 1.29 is 27.9 Å². The third kappa shape index (κ3) is 4.29. The maximum atomic E-state index is 13.6. The number of aromatic nitrogens is 1. The smallest absolute Gasteiger partial charge is 0.419 e. The van der Waals surface area contributed by atoms with Crippen LogP contribution in [0.2, 0.25) is 0 Å². The van der Waals surface area contributed by atoms with Crippen LogP contribution in [0.5, 0.6) is 0 Å². The van der Waals surface area contributed by atoms with Crippen molar-refractivity contribution in [3.05, 3.63) is 35.5 Å². The molecule has 1 saturated carbocycles. The Kier molecular flexibility index (Phi) is 5.64. The van der Waals surface area contributed by atoms with E-state index in [9.17, 15) is 23.2 Å². The third-order valence-corrected chi connectivity index (χ3v) is 7.34. The van der Waals surface area contributed by atoms with Crippen molar-refractivity contribution in [2.24, 2.45) is 5.92 Å². The molecule has 0 radical (unpaired) electrons. The first-order valence-electron chi connectivity index (χ1n) is 12.3. The average molecular weight is 488 g/mol. The van der Waals surface area contributed by atoms with Gasteiger partial charge in [-0.05, 0) is 51.2 Å². The Morgan fingerprint density at radius 2 is 1.83 bits per heavy atom. The van der Waals surface area contributed by atoms with Gasteiger partial charge in [-0.1, -0.05) is 18.2 Å². The second-order valence-electron chi connectivity index (χ2n) is 11.0. The van der Waals surface area contributed by atoms with Crippen molar-refractivity contribution in [3.63, 3.8) is 0 Å². The molecule has 2 fully saturated rings. The maximum Gasteiger partial charge on any atom is 0.419 e. The van der Waals surface area contributed by atoms with Gasteiger partial charge in [0.2, 0.25) is 17.7 Å². The molecule has 5 rings (SSSR count). The number of nitrogens with one attached hydrogen (secondary N) is 1.